The highest BCUT2D eigenvalue weighted by atomic mass is 32.1. The summed E-state index contributed by atoms with van der Waals surface area (Å²) in [5.41, 5.74) is 6.50. The number of anilines is 1. The molecule has 1 fully saturated rings. The first-order chi connectivity index (χ1) is 23.9. The van der Waals surface area contributed by atoms with Gasteiger partial charge >= 0.3 is 10.9 Å². The van der Waals surface area contributed by atoms with Gasteiger partial charge in [-0.15, -0.1) is 0 Å². The molecule has 11 heteroatoms. The Balaban J connectivity index is 0.870. The number of carbonyl (C=O) groups is 2. The second-order valence-electron chi connectivity index (χ2n) is 12.4. The SMILES string of the molecule is O=C(CCN1CCC(NC(=O)Nc2ccccc2-c2ccccc2)CC1)NCc1cccc(CNCCc2ccc(O)c3[nH]c(=O)sc23)c1. The molecule has 0 bridgehead atoms. The molecule has 0 aliphatic carbocycles. The van der Waals surface area contributed by atoms with E-state index < -0.39 is 0 Å². The van der Waals surface area contributed by atoms with Gasteiger partial charge in [0, 0.05) is 50.7 Å². The van der Waals surface area contributed by atoms with E-state index in [9.17, 15) is 19.5 Å². The Morgan fingerprint density at radius 2 is 1.65 bits per heavy atom. The lowest BCUT2D eigenvalue weighted by molar-refractivity contribution is -0.121. The number of aromatic hydroxyl groups is 1. The number of H-pyrrole nitrogens is 1. The predicted molar refractivity (Wildman–Crippen MR) is 196 cm³/mol. The average Bonchev–Trinajstić information content (AvgIpc) is 3.53. The van der Waals surface area contributed by atoms with Gasteiger partial charge in [-0.2, -0.15) is 0 Å². The summed E-state index contributed by atoms with van der Waals surface area (Å²) in [4.78, 5) is 42.1. The van der Waals surface area contributed by atoms with Crippen molar-refractivity contribution in [1.82, 2.24) is 25.8 Å². The number of thiazole rings is 1. The van der Waals surface area contributed by atoms with Crippen LogP contribution in [0.25, 0.3) is 21.3 Å². The minimum Gasteiger partial charge on any atom is -0.506 e. The van der Waals surface area contributed by atoms with E-state index in [0.717, 1.165) is 88.4 Å². The number of phenols is 1. The summed E-state index contributed by atoms with van der Waals surface area (Å²) in [7, 11) is 0. The summed E-state index contributed by atoms with van der Waals surface area (Å²) >= 11 is 1.12. The average molecular weight is 679 g/mol. The molecule has 0 radical (unpaired) electrons. The molecule has 3 amide bonds. The second-order valence-corrected chi connectivity index (χ2v) is 13.3. The highest BCUT2D eigenvalue weighted by Crippen LogP contribution is 2.29. The standard InChI is InChI=1S/C38H42N6O4S/c45-33-14-13-29(36-35(33)43-38(48)49-36)15-19-39-24-26-7-6-8-27(23-26)25-40-34(46)18-22-44-20-16-30(17-21-44)41-37(47)42-32-12-5-4-11-31(32)28-9-2-1-3-10-28/h1-14,23,30,39,45H,15-22,24-25H2,(H,40,46)(H,43,48)(H2,41,42,47). The molecule has 1 aliphatic rings. The number of rotatable bonds is 13. The Bertz CT molecular complexity index is 1930. The molecule has 49 heavy (non-hydrogen) atoms. The molecule has 0 unspecified atom stereocenters. The molecule has 0 atom stereocenters. The van der Waals surface area contributed by atoms with Gasteiger partial charge in [-0.05, 0) is 60.2 Å². The molecule has 6 N–H and O–H groups in total. The number of likely N-dealkylation sites (tertiary alicyclic amines) is 1. The first-order valence-corrected chi connectivity index (χ1v) is 17.6. The molecule has 5 aromatic rings. The summed E-state index contributed by atoms with van der Waals surface area (Å²) in [5, 5.41) is 22.7. The molecule has 0 spiro atoms. The van der Waals surface area contributed by atoms with E-state index >= 15 is 0 Å². The topological polar surface area (TPSA) is 139 Å². The molecule has 4 aromatic carbocycles. The maximum Gasteiger partial charge on any atom is 0.319 e. The highest BCUT2D eigenvalue weighted by Gasteiger charge is 2.21. The third-order valence-electron chi connectivity index (χ3n) is 8.86. The third kappa shape index (κ3) is 9.35. The van der Waals surface area contributed by atoms with Crippen LogP contribution in [0.3, 0.4) is 0 Å². The molecule has 2 heterocycles. The van der Waals surface area contributed by atoms with E-state index in [1.54, 1.807) is 6.07 Å². The van der Waals surface area contributed by atoms with Crippen molar-refractivity contribution in [3.63, 3.8) is 0 Å². The Hall–Kier alpha value is -4.97. The molecule has 1 saturated heterocycles. The number of phenolic OH excluding ortho intramolecular Hbond substituents is 1. The Kier molecular flexibility index (Phi) is 11.4. The minimum atomic E-state index is -0.200. The lowest BCUT2D eigenvalue weighted by Gasteiger charge is -2.32. The fraction of sp³-hybridized carbons (Fsp3) is 0.289. The van der Waals surface area contributed by atoms with Crippen molar-refractivity contribution in [3.05, 3.63) is 117 Å². The summed E-state index contributed by atoms with van der Waals surface area (Å²) in [5.74, 6) is 0.110. The quantitative estimate of drug-likeness (QED) is 0.0899. The number of hydrogen-bond acceptors (Lipinski definition) is 7. The Morgan fingerprint density at radius 3 is 2.47 bits per heavy atom. The number of urea groups is 1. The molecule has 0 saturated carbocycles. The number of hydrogen-bond donors (Lipinski definition) is 6. The second kappa shape index (κ2) is 16.4. The van der Waals surface area contributed by atoms with Gasteiger partial charge < -0.3 is 36.3 Å². The van der Waals surface area contributed by atoms with Crippen LogP contribution >= 0.6 is 11.3 Å². The maximum absolute atomic E-state index is 12.8. The van der Waals surface area contributed by atoms with Gasteiger partial charge in [0.05, 0.1) is 10.4 Å². The van der Waals surface area contributed by atoms with Crippen molar-refractivity contribution in [1.29, 1.82) is 0 Å². The van der Waals surface area contributed by atoms with Crippen LogP contribution in [0.4, 0.5) is 10.5 Å². The van der Waals surface area contributed by atoms with Gasteiger partial charge in [-0.3, -0.25) is 9.59 Å². The summed E-state index contributed by atoms with van der Waals surface area (Å²) in [6.07, 6.45) is 2.83. The van der Waals surface area contributed by atoms with Crippen molar-refractivity contribution in [2.75, 3.05) is 31.5 Å². The number of nitrogens with zero attached hydrogens (tertiary/aromatic N) is 1. The zero-order valence-corrected chi connectivity index (χ0v) is 28.2. The van der Waals surface area contributed by atoms with E-state index in [0.29, 0.717) is 31.6 Å². The molecular weight excluding hydrogens is 637 g/mol. The van der Waals surface area contributed by atoms with Crippen LogP contribution in [-0.2, 0) is 24.3 Å². The predicted octanol–water partition coefficient (Wildman–Crippen LogP) is 5.59. The fourth-order valence-electron chi connectivity index (χ4n) is 6.23. The van der Waals surface area contributed by atoms with Crippen molar-refractivity contribution >= 4 is 39.2 Å². The van der Waals surface area contributed by atoms with Gasteiger partial charge in [0.25, 0.3) is 0 Å². The Morgan fingerprint density at radius 1 is 0.898 bits per heavy atom. The van der Waals surface area contributed by atoms with Crippen LogP contribution in [0.5, 0.6) is 5.75 Å². The zero-order chi connectivity index (χ0) is 34.0. The lowest BCUT2D eigenvalue weighted by atomic mass is 10.0. The molecule has 1 aromatic heterocycles. The summed E-state index contributed by atoms with van der Waals surface area (Å²) in [6, 6.07) is 29.4. The van der Waals surface area contributed by atoms with Crippen LogP contribution in [0.1, 0.15) is 36.0 Å². The van der Waals surface area contributed by atoms with Crippen molar-refractivity contribution in [3.8, 4) is 16.9 Å². The van der Waals surface area contributed by atoms with Crippen LogP contribution in [0.2, 0.25) is 0 Å². The van der Waals surface area contributed by atoms with Gasteiger partial charge in [0.15, 0.2) is 0 Å². The molecule has 1 aliphatic heterocycles. The number of amides is 3. The first kappa shape index (κ1) is 33.9. The number of nitrogens with one attached hydrogen (secondary N) is 5. The number of aromatic nitrogens is 1. The van der Waals surface area contributed by atoms with Crippen LogP contribution in [-0.4, -0.2) is 59.1 Å². The van der Waals surface area contributed by atoms with Gasteiger partial charge in [-0.25, -0.2) is 4.79 Å². The number of benzene rings is 4. The normalized spacial score (nSPS) is 13.7. The third-order valence-corrected chi connectivity index (χ3v) is 9.82. The number of aromatic amines is 1. The maximum atomic E-state index is 12.8. The van der Waals surface area contributed by atoms with Crippen LogP contribution in [0, 0.1) is 0 Å². The number of fused-ring (bicyclic) bond motifs is 1. The monoisotopic (exact) mass is 678 g/mol. The van der Waals surface area contributed by atoms with Crippen molar-refractivity contribution in [2.45, 2.75) is 44.8 Å². The summed E-state index contributed by atoms with van der Waals surface area (Å²) < 4.78 is 0.799. The lowest BCUT2D eigenvalue weighted by Crippen LogP contribution is -2.46. The van der Waals surface area contributed by atoms with E-state index in [2.05, 4.69) is 43.3 Å². The highest BCUT2D eigenvalue weighted by molar-refractivity contribution is 7.16. The number of carbonyl (C=O) groups excluding carboxylic acids is 2. The molecular formula is C38H42N6O4S. The molecule has 254 valence electrons. The van der Waals surface area contributed by atoms with Crippen molar-refractivity contribution in [2.24, 2.45) is 0 Å². The van der Waals surface area contributed by atoms with Gasteiger partial charge in [0.1, 0.15) is 11.3 Å². The molecule has 10 nitrogen and oxygen atoms in total. The number of piperidine rings is 1. The largest absolute Gasteiger partial charge is 0.506 e. The smallest absolute Gasteiger partial charge is 0.319 e. The van der Waals surface area contributed by atoms with Gasteiger partial charge in [-0.1, -0.05) is 90.2 Å². The zero-order valence-electron chi connectivity index (χ0n) is 27.3. The number of para-hydroxylation sites is 1. The minimum absolute atomic E-state index is 0.0208. The van der Waals surface area contributed by atoms with E-state index in [1.165, 1.54) is 0 Å². The fourth-order valence-corrected chi connectivity index (χ4v) is 7.13. The van der Waals surface area contributed by atoms with Crippen LogP contribution < -0.4 is 26.1 Å². The van der Waals surface area contributed by atoms with Crippen molar-refractivity contribution < 1.29 is 14.7 Å². The van der Waals surface area contributed by atoms with E-state index in [4.69, 9.17) is 0 Å². The summed E-state index contributed by atoms with van der Waals surface area (Å²) in [6.45, 7) is 4.22. The van der Waals surface area contributed by atoms with Crippen LogP contribution in [0.15, 0.2) is 95.8 Å². The first-order valence-electron chi connectivity index (χ1n) is 16.7. The van der Waals surface area contributed by atoms with E-state index in [-0.39, 0.29) is 28.6 Å². The molecule has 6 rings (SSSR count). The Labute approximate surface area is 289 Å². The van der Waals surface area contributed by atoms with Gasteiger partial charge in [0.2, 0.25) is 5.91 Å². The van der Waals surface area contributed by atoms with E-state index in [1.807, 2.05) is 72.8 Å².